The summed E-state index contributed by atoms with van der Waals surface area (Å²) in [6.07, 6.45) is -2.93. The van der Waals surface area contributed by atoms with Crippen LogP contribution in [0.25, 0.3) is 16.6 Å². The van der Waals surface area contributed by atoms with E-state index in [9.17, 15) is 13.2 Å². The molecule has 1 aliphatic heterocycles. The highest BCUT2D eigenvalue weighted by Crippen LogP contribution is 2.33. The lowest BCUT2D eigenvalue weighted by Gasteiger charge is -2.13. The normalized spacial score (nSPS) is 14.4. The molecule has 0 atom stereocenters. The Kier molecular flexibility index (Phi) is 4.89. The van der Waals surface area contributed by atoms with Crippen molar-refractivity contribution in [2.75, 3.05) is 19.4 Å². The third kappa shape index (κ3) is 3.60. The van der Waals surface area contributed by atoms with Crippen LogP contribution in [-0.2, 0) is 25.7 Å². The summed E-state index contributed by atoms with van der Waals surface area (Å²) in [6.45, 7) is 1.89. The summed E-state index contributed by atoms with van der Waals surface area (Å²) in [6, 6.07) is 9.57. The molecule has 0 amide bonds. The van der Waals surface area contributed by atoms with Crippen molar-refractivity contribution in [2.45, 2.75) is 32.1 Å². The van der Waals surface area contributed by atoms with E-state index in [0.717, 1.165) is 35.5 Å². The Hall–Kier alpha value is -3.40. The van der Waals surface area contributed by atoms with Gasteiger partial charge in [0, 0.05) is 24.9 Å². The van der Waals surface area contributed by atoms with E-state index in [4.69, 9.17) is 10.5 Å². The van der Waals surface area contributed by atoms with Crippen LogP contribution < -0.4 is 10.5 Å². The predicted octanol–water partition coefficient (Wildman–Crippen LogP) is 3.84. The summed E-state index contributed by atoms with van der Waals surface area (Å²) in [5.41, 5.74) is 8.43. The first-order valence-electron chi connectivity index (χ1n) is 10.2. The topological polar surface area (TPSA) is 81.6 Å². The number of hydrogen-bond acceptors (Lipinski definition) is 6. The van der Waals surface area contributed by atoms with Crippen LogP contribution in [0.4, 0.5) is 19.1 Å². The van der Waals surface area contributed by atoms with Crippen LogP contribution in [-0.4, -0.2) is 38.1 Å². The Morgan fingerprint density at radius 3 is 2.69 bits per heavy atom. The monoisotopic (exact) mass is 442 g/mol. The molecule has 2 aromatic carbocycles. The van der Waals surface area contributed by atoms with Crippen LogP contribution in [0.3, 0.4) is 0 Å². The summed E-state index contributed by atoms with van der Waals surface area (Å²) in [4.78, 5) is 11.2. The Bertz CT molecular complexity index is 1320. The minimum atomic E-state index is -4.32. The first kappa shape index (κ1) is 20.5. The Balaban J connectivity index is 1.29. The number of methoxy groups -OCH3 is 1. The lowest BCUT2D eigenvalue weighted by atomic mass is 10.1. The molecule has 3 heterocycles. The molecule has 0 aliphatic carbocycles. The molecular formula is C22H21F3N6O. The number of ether oxygens (including phenoxy) is 1. The van der Waals surface area contributed by atoms with Gasteiger partial charge < -0.3 is 10.5 Å². The first-order valence-corrected chi connectivity index (χ1v) is 10.2. The third-order valence-corrected chi connectivity index (χ3v) is 5.75. The SMILES string of the molecule is COc1cccc2c1nc(N)n1nc(CCCN3Cc4ccc(C(F)(F)F)cc4C3)nc21. The van der Waals surface area contributed by atoms with Crippen molar-refractivity contribution in [1.29, 1.82) is 0 Å². The number of nitrogens with zero attached hydrogens (tertiary/aromatic N) is 5. The number of alkyl halides is 3. The molecule has 0 saturated carbocycles. The lowest BCUT2D eigenvalue weighted by molar-refractivity contribution is -0.137. The maximum absolute atomic E-state index is 13.0. The summed E-state index contributed by atoms with van der Waals surface area (Å²) in [5.74, 6) is 1.49. The molecule has 5 rings (SSSR count). The van der Waals surface area contributed by atoms with E-state index in [0.29, 0.717) is 42.2 Å². The second-order valence-electron chi connectivity index (χ2n) is 7.89. The van der Waals surface area contributed by atoms with E-state index in [1.54, 1.807) is 13.2 Å². The number of nitrogens with two attached hydrogens (primary N) is 1. The van der Waals surface area contributed by atoms with E-state index in [2.05, 4.69) is 20.0 Å². The molecule has 1 aliphatic rings. The van der Waals surface area contributed by atoms with Crippen molar-refractivity contribution in [1.82, 2.24) is 24.5 Å². The minimum Gasteiger partial charge on any atom is -0.494 e. The van der Waals surface area contributed by atoms with Gasteiger partial charge in [0.05, 0.1) is 12.7 Å². The van der Waals surface area contributed by atoms with Gasteiger partial charge in [0.1, 0.15) is 11.3 Å². The second kappa shape index (κ2) is 7.63. The number of aromatic nitrogens is 4. The Morgan fingerprint density at radius 1 is 1.09 bits per heavy atom. The molecule has 10 heteroatoms. The highest BCUT2D eigenvalue weighted by Gasteiger charge is 2.32. The predicted molar refractivity (Wildman–Crippen MR) is 113 cm³/mol. The van der Waals surface area contributed by atoms with Crippen molar-refractivity contribution in [3.63, 3.8) is 0 Å². The largest absolute Gasteiger partial charge is 0.494 e. The molecule has 0 fully saturated rings. The van der Waals surface area contributed by atoms with Crippen LogP contribution in [0.5, 0.6) is 5.75 Å². The van der Waals surface area contributed by atoms with Gasteiger partial charge in [-0.15, -0.1) is 5.10 Å². The number of para-hydroxylation sites is 1. The van der Waals surface area contributed by atoms with E-state index in [-0.39, 0.29) is 5.95 Å². The maximum atomic E-state index is 13.0. The highest BCUT2D eigenvalue weighted by atomic mass is 19.4. The van der Waals surface area contributed by atoms with Crippen molar-refractivity contribution in [3.05, 3.63) is 58.9 Å². The number of halogens is 3. The number of rotatable bonds is 5. The maximum Gasteiger partial charge on any atom is 0.416 e. The molecule has 0 radical (unpaired) electrons. The number of nitrogen functional groups attached to an aromatic ring is 1. The number of hydrogen-bond donors (Lipinski definition) is 1. The van der Waals surface area contributed by atoms with Gasteiger partial charge in [-0.2, -0.15) is 17.7 Å². The zero-order valence-electron chi connectivity index (χ0n) is 17.4. The van der Waals surface area contributed by atoms with Gasteiger partial charge in [-0.25, -0.2) is 9.97 Å². The second-order valence-corrected chi connectivity index (χ2v) is 7.89. The fourth-order valence-corrected chi connectivity index (χ4v) is 4.20. The van der Waals surface area contributed by atoms with Gasteiger partial charge in [-0.05, 0) is 48.4 Å². The summed E-state index contributed by atoms with van der Waals surface area (Å²) in [7, 11) is 1.58. The molecule has 7 nitrogen and oxygen atoms in total. The molecule has 166 valence electrons. The summed E-state index contributed by atoms with van der Waals surface area (Å²) >= 11 is 0. The molecule has 32 heavy (non-hydrogen) atoms. The van der Waals surface area contributed by atoms with Gasteiger partial charge >= 0.3 is 6.18 Å². The quantitative estimate of drug-likeness (QED) is 0.506. The number of aryl methyl sites for hydroxylation is 1. The van der Waals surface area contributed by atoms with Crippen LogP contribution in [0.2, 0.25) is 0 Å². The lowest BCUT2D eigenvalue weighted by Crippen LogP contribution is -2.18. The molecule has 0 saturated heterocycles. The fourth-order valence-electron chi connectivity index (χ4n) is 4.20. The molecule has 0 bridgehead atoms. The van der Waals surface area contributed by atoms with Crippen molar-refractivity contribution in [3.8, 4) is 5.75 Å². The van der Waals surface area contributed by atoms with E-state index in [1.807, 2.05) is 18.2 Å². The van der Waals surface area contributed by atoms with Crippen LogP contribution >= 0.6 is 0 Å². The standard InChI is InChI=1S/C22H21F3N6O/c1-32-17-5-2-4-16-19(17)28-21(26)31-20(16)27-18(29-31)6-3-9-30-11-13-7-8-15(22(23,24)25)10-14(13)12-30/h2,4-5,7-8,10H,3,6,9,11-12H2,1H3,(H2,26,28). The van der Waals surface area contributed by atoms with Gasteiger partial charge in [0.25, 0.3) is 0 Å². The number of benzene rings is 2. The van der Waals surface area contributed by atoms with Crippen LogP contribution in [0.15, 0.2) is 36.4 Å². The number of anilines is 1. The molecule has 2 N–H and O–H groups in total. The third-order valence-electron chi connectivity index (χ3n) is 5.75. The van der Waals surface area contributed by atoms with Gasteiger partial charge in [0.2, 0.25) is 5.95 Å². The minimum absolute atomic E-state index is 0.228. The molecule has 0 unspecified atom stereocenters. The zero-order valence-corrected chi connectivity index (χ0v) is 17.4. The van der Waals surface area contributed by atoms with Gasteiger partial charge in [0.15, 0.2) is 11.5 Å². The smallest absolute Gasteiger partial charge is 0.416 e. The van der Waals surface area contributed by atoms with Gasteiger partial charge in [-0.1, -0.05) is 12.1 Å². The Morgan fingerprint density at radius 2 is 1.91 bits per heavy atom. The van der Waals surface area contributed by atoms with E-state index < -0.39 is 11.7 Å². The molecule has 0 spiro atoms. The summed E-state index contributed by atoms with van der Waals surface area (Å²) < 4.78 is 45.7. The average molecular weight is 442 g/mol. The zero-order chi connectivity index (χ0) is 22.5. The Labute approximate surface area is 181 Å². The van der Waals surface area contributed by atoms with Crippen molar-refractivity contribution in [2.24, 2.45) is 0 Å². The van der Waals surface area contributed by atoms with Gasteiger partial charge in [-0.3, -0.25) is 4.90 Å². The van der Waals surface area contributed by atoms with Crippen LogP contribution in [0.1, 0.15) is 28.9 Å². The summed E-state index contributed by atoms with van der Waals surface area (Å²) in [5, 5.41) is 5.29. The highest BCUT2D eigenvalue weighted by molar-refractivity contribution is 5.95. The average Bonchev–Trinajstić information content (AvgIpc) is 3.36. The number of fused-ring (bicyclic) bond motifs is 4. The molecule has 2 aromatic heterocycles. The first-order chi connectivity index (χ1) is 15.3. The molecule has 4 aromatic rings. The van der Waals surface area contributed by atoms with Crippen molar-refractivity contribution < 1.29 is 17.9 Å². The molecular weight excluding hydrogens is 421 g/mol. The fraction of sp³-hybridized carbons (Fsp3) is 0.318. The van der Waals surface area contributed by atoms with E-state index >= 15 is 0 Å². The van der Waals surface area contributed by atoms with E-state index in [1.165, 1.54) is 10.6 Å². The van der Waals surface area contributed by atoms with Crippen LogP contribution in [0, 0.1) is 0 Å². The van der Waals surface area contributed by atoms with Crippen molar-refractivity contribution >= 4 is 22.5 Å².